The van der Waals surface area contributed by atoms with Gasteiger partial charge in [0.15, 0.2) is 11.4 Å². The lowest BCUT2D eigenvalue weighted by Gasteiger charge is -2.11. The van der Waals surface area contributed by atoms with Gasteiger partial charge in [-0.05, 0) is 52.4 Å². The molecule has 0 amide bonds. The number of para-hydroxylation sites is 1. The molecule has 0 aliphatic heterocycles. The first-order chi connectivity index (χ1) is 9.56. The number of fused-ring (bicyclic) bond motifs is 1. The molecule has 2 nitrogen and oxygen atoms in total. The summed E-state index contributed by atoms with van der Waals surface area (Å²) >= 11 is 2.02. The highest BCUT2D eigenvalue weighted by Gasteiger charge is 2.18. The monoisotopic (exact) mass is 385 g/mol. The quantitative estimate of drug-likeness (QED) is 0.666. The van der Waals surface area contributed by atoms with E-state index >= 15 is 0 Å². The van der Waals surface area contributed by atoms with Crippen LogP contribution in [0.5, 0.6) is 0 Å². The maximum absolute atomic E-state index is 13.6. The first kappa shape index (κ1) is 13.5. The highest BCUT2D eigenvalue weighted by Crippen LogP contribution is 2.30. The van der Waals surface area contributed by atoms with Crippen molar-refractivity contribution in [2.24, 2.45) is 5.73 Å². The van der Waals surface area contributed by atoms with Gasteiger partial charge in [0.25, 0.3) is 0 Å². The number of nitrogens with two attached hydrogens (primary N) is 1. The molecule has 1 atom stereocenters. The summed E-state index contributed by atoms with van der Waals surface area (Å²) in [5.41, 5.74) is 7.07. The van der Waals surface area contributed by atoms with Crippen molar-refractivity contribution in [3.63, 3.8) is 0 Å². The fourth-order valence-electron chi connectivity index (χ4n) is 2.11. The second-order valence-corrected chi connectivity index (χ2v) is 5.61. The van der Waals surface area contributed by atoms with Crippen LogP contribution in [-0.4, -0.2) is 0 Å². The number of hydrogen-bond acceptors (Lipinski definition) is 2. The third-order valence-electron chi connectivity index (χ3n) is 3.12. The summed E-state index contributed by atoms with van der Waals surface area (Å²) in [5.74, 6) is -0.287. The third kappa shape index (κ3) is 2.31. The zero-order valence-corrected chi connectivity index (χ0v) is 12.4. The molecule has 0 aliphatic rings. The lowest BCUT2D eigenvalue weighted by Crippen LogP contribution is -2.12. The van der Waals surface area contributed by atoms with Gasteiger partial charge < -0.3 is 10.2 Å². The summed E-state index contributed by atoms with van der Waals surface area (Å²) in [5, 5.41) is 0.660. The summed E-state index contributed by atoms with van der Waals surface area (Å²) in [4.78, 5) is 0. The third-order valence-corrected chi connectivity index (χ3v) is 4.05. The van der Waals surface area contributed by atoms with Gasteiger partial charge in [0.1, 0.15) is 11.6 Å². The Morgan fingerprint density at radius 1 is 1.10 bits per heavy atom. The first-order valence-corrected chi connectivity index (χ1v) is 7.02. The van der Waals surface area contributed by atoms with Gasteiger partial charge in [-0.3, -0.25) is 0 Å². The van der Waals surface area contributed by atoms with E-state index in [-0.39, 0.29) is 11.4 Å². The molecular formula is C15H10F2INO. The SMILES string of the molecule is NC(c1cc2cccc(F)c2o1)c1ccc(F)cc1I. The number of halogens is 3. The predicted octanol–water partition coefficient (Wildman–Crippen LogP) is 4.36. The van der Waals surface area contributed by atoms with E-state index in [1.165, 1.54) is 18.2 Å². The van der Waals surface area contributed by atoms with Crippen molar-refractivity contribution in [2.75, 3.05) is 0 Å². The molecule has 102 valence electrons. The minimum Gasteiger partial charge on any atom is -0.456 e. The first-order valence-electron chi connectivity index (χ1n) is 5.95. The second kappa shape index (κ2) is 5.14. The van der Waals surface area contributed by atoms with Crippen molar-refractivity contribution >= 4 is 33.6 Å². The van der Waals surface area contributed by atoms with Crippen LogP contribution < -0.4 is 5.73 Å². The van der Waals surface area contributed by atoms with Gasteiger partial charge in [-0.25, -0.2) is 8.78 Å². The van der Waals surface area contributed by atoms with Gasteiger partial charge in [0.05, 0.1) is 6.04 Å². The van der Waals surface area contributed by atoms with Gasteiger partial charge in [0.2, 0.25) is 0 Å². The van der Waals surface area contributed by atoms with Crippen LogP contribution in [-0.2, 0) is 0 Å². The van der Waals surface area contributed by atoms with Gasteiger partial charge in [0, 0.05) is 8.96 Å². The minimum atomic E-state index is -0.561. The Kier molecular flexibility index (Phi) is 3.47. The van der Waals surface area contributed by atoms with Crippen LogP contribution in [0, 0.1) is 15.2 Å². The molecule has 0 radical (unpaired) electrons. The van der Waals surface area contributed by atoms with E-state index in [0.717, 1.165) is 5.56 Å². The lowest BCUT2D eigenvalue weighted by molar-refractivity contribution is 0.501. The minimum absolute atomic E-state index is 0.190. The van der Waals surface area contributed by atoms with Crippen LogP contribution in [0.4, 0.5) is 8.78 Å². The lowest BCUT2D eigenvalue weighted by atomic mass is 10.1. The molecule has 0 spiro atoms. The number of furan rings is 1. The zero-order valence-electron chi connectivity index (χ0n) is 10.2. The number of benzene rings is 2. The van der Waals surface area contributed by atoms with Crippen molar-refractivity contribution in [1.82, 2.24) is 0 Å². The fraction of sp³-hybridized carbons (Fsp3) is 0.0667. The van der Waals surface area contributed by atoms with Crippen LogP contribution in [0.3, 0.4) is 0 Å². The predicted molar refractivity (Wildman–Crippen MR) is 81.3 cm³/mol. The number of rotatable bonds is 2. The van der Waals surface area contributed by atoms with Crippen molar-refractivity contribution in [2.45, 2.75) is 6.04 Å². The van der Waals surface area contributed by atoms with Crippen LogP contribution in [0.15, 0.2) is 46.9 Å². The van der Waals surface area contributed by atoms with Gasteiger partial charge >= 0.3 is 0 Å². The van der Waals surface area contributed by atoms with Gasteiger partial charge in [-0.15, -0.1) is 0 Å². The molecule has 2 aromatic carbocycles. The van der Waals surface area contributed by atoms with Crippen LogP contribution in [0.1, 0.15) is 17.4 Å². The topological polar surface area (TPSA) is 39.2 Å². The number of hydrogen-bond donors (Lipinski definition) is 1. The summed E-state index contributed by atoms with van der Waals surface area (Å²) in [6, 6.07) is 10.2. The van der Waals surface area contributed by atoms with E-state index in [4.69, 9.17) is 10.2 Å². The summed E-state index contributed by atoms with van der Waals surface area (Å²) in [6.45, 7) is 0. The summed E-state index contributed by atoms with van der Waals surface area (Å²) in [7, 11) is 0. The molecule has 2 N–H and O–H groups in total. The smallest absolute Gasteiger partial charge is 0.169 e. The Bertz CT molecular complexity index is 785. The van der Waals surface area contributed by atoms with Crippen molar-refractivity contribution in [3.8, 4) is 0 Å². The Morgan fingerprint density at radius 3 is 2.60 bits per heavy atom. The average Bonchev–Trinajstić information content (AvgIpc) is 2.83. The largest absolute Gasteiger partial charge is 0.456 e. The molecule has 3 rings (SSSR count). The second-order valence-electron chi connectivity index (χ2n) is 4.45. The zero-order chi connectivity index (χ0) is 14.3. The normalized spacial score (nSPS) is 12.8. The van der Waals surface area contributed by atoms with E-state index < -0.39 is 11.9 Å². The summed E-state index contributed by atoms with van der Waals surface area (Å²) < 4.78 is 32.9. The van der Waals surface area contributed by atoms with E-state index in [0.29, 0.717) is 14.7 Å². The molecule has 0 saturated heterocycles. The highest BCUT2D eigenvalue weighted by atomic mass is 127. The van der Waals surface area contributed by atoms with Crippen molar-refractivity contribution < 1.29 is 13.2 Å². The molecule has 1 heterocycles. The summed E-state index contributed by atoms with van der Waals surface area (Å²) in [6.07, 6.45) is 0. The molecule has 3 aromatic rings. The molecule has 0 fully saturated rings. The molecule has 0 saturated carbocycles. The fourth-order valence-corrected chi connectivity index (χ4v) is 2.92. The Hall–Kier alpha value is -1.47. The van der Waals surface area contributed by atoms with Crippen molar-refractivity contribution in [1.29, 1.82) is 0 Å². The van der Waals surface area contributed by atoms with E-state index in [2.05, 4.69) is 0 Å². The molecule has 0 bridgehead atoms. The molecule has 1 unspecified atom stereocenters. The van der Waals surface area contributed by atoms with Gasteiger partial charge in [-0.2, -0.15) is 0 Å². The Morgan fingerprint density at radius 2 is 1.90 bits per heavy atom. The van der Waals surface area contributed by atoms with Crippen LogP contribution >= 0.6 is 22.6 Å². The molecule has 1 aromatic heterocycles. The highest BCUT2D eigenvalue weighted by molar-refractivity contribution is 14.1. The maximum atomic E-state index is 13.6. The average molecular weight is 385 g/mol. The van der Waals surface area contributed by atoms with Crippen LogP contribution in [0.2, 0.25) is 0 Å². The Balaban J connectivity index is 2.08. The van der Waals surface area contributed by atoms with E-state index in [1.54, 1.807) is 24.3 Å². The molecule has 5 heteroatoms. The molecule has 0 aliphatic carbocycles. The Labute approximate surface area is 127 Å². The maximum Gasteiger partial charge on any atom is 0.169 e. The molecule has 20 heavy (non-hydrogen) atoms. The standard InChI is InChI=1S/C15H10F2INO/c16-9-4-5-10(12(18)7-9)14(19)13-6-8-2-1-3-11(17)15(8)20-13/h1-7,14H,19H2. The van der Waals surface area contributed by atoms with Gasteiger partial charge in [-0.1, -0.05) is 18.2 Å². The van der Waals surface area contributed by atoms with Crippen molar-refractivity contribution in [3.05, 3.63) is 69.0 Å². The van der Waals surface area contributed by atoms with E-state index in [9.17, 15) is 8.78 Å². The van der Waals surface area contributed by atoms with E-state index in [1.807, 2.05) is 22.6 Å². The molecular weight excluding hydrogens is 375 g/mol. The van der Waals surface area contributed by atoms with Crippen LogP contribution in [0.25, 0.3) is 11.0 Å².